The molecule has 7 nitrogen and oxygen atoms in total. The molecule has 0 spiro atoms. The SMILES string of the molecule is CC(C)CNC(=O)NC(=O)CN1CCC(CC(=O)O)CC1. The Kier molecular flexibility index (Phi) is 7.14. The van der Waals surface area contributed by atoms with Crippen LogP contribution in [-0.4, -0.2) is 54.1 Å². The van der Waals surface area contributed by atoms with Crippen LogP contribution in [0.4, 0.5) is 4.79 Å². The van der Waals surface area contributed by atoms with E-state index in [1.165, 1.54) is 0 Å². The number of nitrogens with one attached hydrogen (secondary N) is 2. The van der Waals surface area contributed by atoms with Crippen LogP contribution in [0.15, 0.2) is 0 Å². The molecule has 120 valence electrons. The van der Waals surface area contributed by atoms with Crippen molar-refractivity contribution in [2.75, 3.05) is 26.2 Å². The van der Waals surface area contributed by atoms with Gasteiger partial charge in [-0.1, -0.05) is 13.8 Å². The Morgan fingerprint density at radius 1 is 1.24 bits per heavy atom. The highest BCUT2D eigenvalue weighted by molar-refractivity contribution is 5.95. The van der Waals surface area contributed by atoms with Crippen LogP contribution in [0.25, 0.3) is 0 Å². The molecule has 0 unspecified atom stereocenters. The molecule has 1 rings (SSSR count). The first-order valence-corrected chi connectivity index (χ1v) is 7.38. The number of carboxylic acids is 1. The van der Waals surface area contributed by atoms with E-state index < -0.39 is 12.0 Å². The zero-order valence-electron chi connectivity index (χ0n) is 12.7. The Balaban J connectivity index is 2.21. The van der Waals surface area contributed by atoms with E-state index >= 15 is 0 Å². The Bertz CT molecular complexity index is 376. The number of amides is 3. The predicted molar refractivity (Wildman–Crippen MR) is 77.8 cm³/mol. The van der Waals surface area contributed by atoms with Crippen LogP contribution in [0.1, 0.15) is 33.1 Å². The first-order chi connectivity index (χ1) is 9.86. The number of likely N-dealkylation sites (tertiary alicyclic amines) is 1. The van der Waals surface area contributed by atoms with Gasteiger partial charge in [0, 0.05) is 13.0 Å². The Hall–Kier alpha value is -1.63. The summed E-state index contributed by atoms with van der Waals surface area (Å²) in [5, 5.41) is 13.7. The van der Waals surface area contributed by atoms with Gasteiger partial charge in [0.05, 0.1) is 6.54 Å². The van der Waals surface area contributed by atoms with Crippen molar-refractivity contribution in [3.8, 4) is 0 Å². The fourth-order valence-electron chi connectivity index (χ4n) is 2.31. The molecule has 3 N–H and O–H groups in total. The number of hydrogen-bond donors (Lipinski definition) is 3. The van der Waals surface area contributed by atoms with Crippen LogP contribution < -0.4 is 10.6 Å². The van der Waals surface area contributed by atoms with Crippen molar-refractivity contribution in [2.45, 2.75) is 33.1 Å². The molecular formula is C14H25N3O4. The van der Waals surface area contributed by atoms with E-state index in [9.17, 15) is 14.4 Å². The van der Waals surface area contributed by atoms with Gasteiger partial charge in [-0.3, -0.25) is 19.8 Å². The third kappa shape index (κ3) is 7.65. The molecule has 0 atom stereocenters. The molecule has 21 heavy (non-hydrogen) atoms. The van der Waals surface area contributed by atoms with Crippen molar-refractivity contribution in [3.05, 3.63) is 0 Å². The van der Waals surface area contributed by atoms with E-state index in [4.69, 9.17) is 5.11 Å². The smallest absolute Gasteiger partial charge is 0.321 e. The molecule has 7 heteroatoms. The second-order valence-corrected chi connectivity index (χ2v) is 5.97. The molecule has 0 aliphatic carbocycles. The van der Waals surface area contributed by atoms with Crippen LogP contribution in [0.5, 0.6) is 0 Å². The number of hydrogen-bond acceptors (Lipinski definition) is 4. The van der Waals surface area contributed by atoms with Gasteiger partial charge in [-0.05, 0) is 37.8 Å². The monoisotopic (exact) mass is 299 g/mol. The topological polar surface area (TPSA) is 98.7 Å². The lowest BCUT2D eigenvalue weighted by Crippen LogP contribution is -2.46. The number of nitrogens with zero attached hydrogens (tertiary/aromatic N) is 1. The number of carbonyl (C=O) groups excluding carboxylic acids is 2. The van der Waals surface area contributed by atoms with Crippen LogP contribution in [0, 0.1) is 11.8 Å². The molecule has 0 radical (unpaired) electrons. The van der Waals surface area contributed by atoms with Crippen molar-refractivity contribution < 1.29 is 19.5 Å². The highest BCUT2D eigenvalue weighted by Gasteiger charge is 2.22. The predicted octanol–water partition coefficient (Wildman–Crippen LogP) is 0.655. The summed E-state index contributed by atoms with van der Waals surface area (Å²) in [6.45, 7) is 6.04. The first-order valence-electron chi connectivity index (χ1n) is 7.38. The minimum Gasteiger partial charge on any atom is -0.481 e. The van der Waals surface area contributed by atoms with Gasteiger partial charge in [-0.25, -0.2) is 4.79 Å². The summed E-state index contributed by atoms with van der Waals surface area (Å²) in [7, 11) is 0. The molecule has 1 heterocycles. The van der Waals surface area contributed by atoms with Gasteiger partial charge >= 0.3 is 12.0 Å². The van der Waals surface area contributed by atoms with Crippen LogP contribution in [0.3, 0.4) is 0 Å². The lowest BCUT2D eigenvalue weighted by molar-refractivity contribution is -0.138. The second-order valence-electron chi connectivity index (χ2n) is 5.97. The summed E-state index contributed by atoms with van der Waals surface area (Å²) in [5.41, 5.74) is 0. The highest BCUT2D eigenvalue weighted by atomic mass is 16.4. The molecular weight excluding hydrogens is 274 g/mol. The number of imide groups is 1. The maximum Gasteiger partial charge on any atom is 0.321 e. The van der Waals surface area contributed by atoms with Crippen molar-refractivity contribution >= 4 is 17.9 Å². The van der Waals surface area contributed by atoms with Crippen molar-refractivity contribution in [1.29, 1.82) is 0 Å². The molecule has 0 saturated carbocycles. The van der Waals surface area contributed by atoms with Gasteiger partial charge < -0.3 is 10.4 Å². The van der Waals surface area contributed by atoms with Crippen molar-refractivity contribution in [2.24, 2.45) is 11.8 Å². The fraction of sp³-hybridized carbons (Fsp3) is 0.786. The molecule has 0 aromatic carbocycles. The van der Waals surface area contributed by atoms with Gasteiger partial charge in [0.2, 0.25) is 5.91 Å². The number of rotatable bonds is 6. The summed E-state index contributed by atoms with van der Waals surface area (Å²) >= 11 is 0. The van der Waals surface area contributed by atoms with Gasteiger partial charge in [-0.15, -0.1) is 0 Å². The Labute approximate surface area is 125 Å². The quantitative estimate of drug-likeness (QED) is 0.669. The third-order valence-corrected chi connectivity index (χ3v) is 3.46. The van der Waals surface area contributed by atoms with E-state index in [0.717, 1.165) is 12.8 Å². The number of carbonyl (C=O) groups is 3. The number of urea groups is 1. The summed E-state index contributed by atoms with van der Waals surface area (Å²) in [4.78, 5) is 35.7. The molecule has 1 fully saturated rings. The summed E-state index contributed by atoms with van der Waals surface area (Å²) in [6.07, 6.45) is 1.75. The summed E-state index contributed by atoms with van der Waals surface area (Å²) < 4.78 is 0. The lowest BCUT2D eigenvalue weighted by atomic mass is 9.94. The minimum absolute atomic E-state index is 0.175. The van der Waals surface area contributed by atoms with Crippen LogP contribution in [0.2, 0.25) is 0 Å². The van der Waals surface area contributed by atoms with E-state index in [2.05, 4.69) is 10.6 Å². The van der Waals surface area contributed by atoms with Crippen LogP contribution in [-0.2, 0) is 9.59 Å². The Morgan fingerprint density at radius 2 is 1.86 bits per heavy atom. The molecule has 0 aromatic rings. The van der Waals surface area contributed by atoms with Gasteiger partial charge in [0.1, 0.15) is 0 Å². The molecule has 1 saturated heterocycles. The van der Waals surface area contributed by atoms with Crippen molar-refractivity contribution in [1.82, 2.24) is 15.5 Å². The zero-order valence-corrected chi connectivity index (χ0v) is 12.7. The second kappa shape index (κ2) is 8.61. The van der Waals surface area contributed by atoms with E-state index in [1.807, 2.05) is 18.7 Å². The van der Waals surface area contributed by atoms with Gasteiger partial charge in [0.25, 0.3) is 0 Å². The molecule has 1 aliphatic heterocycles. The largest absolute Gasteiger partial charge is 0.481 e. The van der Waals surface area contributed by atoms with Gasteiger partial charge in [0.15, 0.2) is 0 Å². The van der Waals surface area contributed by atoms with Crippen molar-refractivity contribution in [3.63, 3.8) is 0 Å². The zero-order chi connectivity index (χ0) is 15.8. The summed E-state index contributed by atoms with van der Waals surface area (Å²) in [6, 6.07) is -0.463. The summed E-state index contributed by atoms with van der Waals surface area (Å²) in [5.74, 6) is -0.573. The van der Waals surface area contributed by atoms with Gasteiger partial charge in [-0.2, -0.15) is 0 Å². The van der Waals surface area contributed by atoms with E-state index in [0.29, 0.717) is 25.6 Å². The number of piperidine rings is 1. The molecule has 3 amide bonds. The minimum atomic E-state index is -0.770. The number of aliphatic carboxylic acids is 1. The normalized spacial score (nSPS) is 16.7. The first kappa shape index (κ1) is 17.4. The molecule has 0 aromatic heterocycles. The average Bonchev–Trinajstić information content (AvgIpc) is 2.38. The molecule has 0 bridgehead atoms. The fourth-order valence-corrected chi connectivity index (χ4v) is 2.31. The number of carboxylic acid groups (broad SMARTS) is 1. The maximum absolute atomic E-state index is 11.7. The Morgan fingerprint density at radius 3 is 2.38 bits per heavy atom. The lowest BCUT2D eigenvalue weighted by Gasteiger charge is -2.30. The highest BCUT2D eigenvalue weighted by Crippen LogP contribution is 2.19. The maximum atomic E-state index is 11.7. The van der Waals surface area contributed by atoms with E-state index in [1.54, 1.807) is 0 Å². The standard InChI is InChI=1S/C14H25N3O4/c1-10(2)8-15-14(21)16-12(18)9-17-5-3-11(4-6-17)7-13(19)20/h10-11H,3-9H2,1-2H3,(H,19,20)(H2,15,16,18,21). The van der Waals surface area contributed by atoms with E-state index in [-0.39, 0.29) is 24.8 Å². The van der Waals surface area contributed by atoms with Crippen LogP contribution >= 0.6 is 0 Å². The average molecular weight is 299 g/mol. The third-order valence-electron chi connectivity index (χ3n) is 3.46. The molecule has 1 aliphatic rings.